The summed E-state index contributed by atoms with van der Waals surface area (Å²) in [4.78, 5) is 25.6. The van der Waals surface area contributed by atoms with E-state index in [9.17, 15) is 14.9 Å². The molecule has 0 saturated heterocycles. The van der Waals surface area contributed by atoms with Gasteiger partial charge in [0.05, 0.1) is 24.1 Å². The number of para-hydroxylation sites is 1. The van der Waals surface area contributed by atoms with Crippen LogP contribution in [0.15, 0.2) is 46.9 Å². The quantitative estimate of drug-likeness (QED) is 0.478. The standard InChI is InChI=1S/C20H20N2O5/c1-4-21(12-14-7-5-6-8-17(14)22(24)25)20(23)19-13(2)27-18-10-9-15(26-3)11-16(18)19/h5-11H,4,12H2,1-3H3. The van der Waals surface area contributed by atoms with Crippen LogP contribution in [-0.4, -0.2) is 29.4 Å². The second-order valence-corrected chi connectivity index (χ2v) is 6.10. The fourth-order valence-corrected chi connectivity index (χ4v) is 3.11. The van der Waals surface area contributed by atoms with E-state index in [-0.39, 0.29) is 18.1 Å². The Balaban J connectivity index is 2.00. The highest BCUT2D eigenvalue weighted by molar-refractivity contribution is 6.07. The SMILES string of the molecule is CCN(Cc1ccccc1[N+](=O)[O-])C(=O)c1c(C)oc2ccc(OC)cc12. The van der Waals surface area contributed by atoms with E-state index in [1.54, 1.807) is 55.3 Å². The Morgan fingerprint density at radius 1 is 1.26 bits per heavy atom. The lowest BCUT2D eigenvalue weighted by atomic mass is 10.1. The van der Waals surface area contributed by atoms with Crippen molar-refractivity contribution < 1.29 is 18.9 Å². The molecule has 1 heterocycles. The zero-order valence-electron chi connectivity index (χ0n) is 15.4. The van der Waals surface area contributed by atoms with Gasteiger partial charge in [-0.1, -0.05) is 18.2 Å². The normalized spacial score (nSPS) is 10.8. The summed E-state index contributed by atoms with van der Waals surface area (Å²) in [5.41, 5.74) is 1.53. The topological polar surface area (TPSA) is 85.8 Å². The summed E-state index contributed by atoms with van der Waals surface area (Å²) in [5.74, 6) is 0.892. The minimum atomic E-state index is -0.434. The van der Waals surface area contributed by atoms with Gasteiger partial charge in [-0.2, -0.15) is 0 Å². The molecule has 0 unspecified atom stereocenters. The van der Waals surface area contributed by atoms with Crippen LogP contribution in [0.25, 0.3) is 11.0 Å². The first kappa shape index (κ1) is 18.4. The minimum absolute atomic E-state index is 0.000747. The van der Waals surface area contributed by atoms with Crippen LogP contribution in [0.4, 0.5) is 5.69 Å². The molecule has 2 aromatic carbocycles. The third-order valence-corrected chi connectivity index (χ3v) is 4.50. The Morgan fingerprint density at radius 2 is 2.00 bits per heavy atom. The smallest absolute Gasteiger partial charge is 0.274 e. The molecule has 0 aliphatic carbocycles. The number of nitro benzene ring substituents is 1. The Labute approximate surface area is 156 Å². The van der Waals surface area contributed by atoms with Crippen LogP contribution in [-0.2, 0) is 6.54 Å². The predicted octanol–water partition coefficient (Wildman–Crippen LogP) is 4.32. The van der Waals surface area contributed by atoms with E-state index >= 15 is 0 Å². The van der Waals surface area contributed by atoms with E-state index < -0.39 is 4.92 Å². The van der Waals surface area contributed by atoms with E-state index in [4.69, 9.17) is 9.15 Å². The summed E-state index contributed by atoms with van der Waals surface area (Å²) in [6, 6.07) is 11.7. The van der Waals surface area contributed by atoms with Crippen LogP contribution in [0.5, 0.6) is 5.75 Å². The van der Waals surface area contributed by atoms with Crippen molar-refractivity contribution in [2.75, 3.05) is 13.7 Å². The molecule has 0 aliphatic rings. The minimum Gasteiger partial charge on any atom is -0.497 e. The number of furan rings is 1. The van der Waals surface area contributed by atoms with Crippen molar-refractivity contribution in [3.8, 4) is 5.75 Å². The van der Waals surface area contributed by atoms with E-state index in [2.05, 4.69) is 0 Å². The Hall–Kier alpha value is -3.35. The molecule has 0 spiro atoms. The van der Waals surface area contributed by atoms with Crippen LogP contribution >= 0.6 is 0 Å². The fraction of sp³-hybridized carbons (Fsp3) is 0.250. The Kier molecular flexibility index (Phi) is 5.12. The van der Waals surface area contributed by atoms with Crippen molar-refractivity contribution in [2.45, 2.75) is 20.4 Å². The van der Waals surface area contributed by atoms with Gasteiger partial charge in [-0.3, -0.25) is 14.9 Å². The van der Waals surface area contributed by atoms with Crippen LogP contribution in [0.3, 0.4) is 0 Å². The van der Waals surface area contributed by atoms with Gasteiger partial charge in [0.2, 0.25) is 0 Å². The second kappa shape index (κ2) is 7.49. The van der Waals surface area contributed by atoms with Crippen LogP contribution in [0.2, 0.25) is 0 Å². The van der Waals surface area contributed by atoms with E-state index in [1.165, 1.54) is 6.07 Å². The molecule has 1 amide bonds. The zero-order chi connectivity index (χ0) is 19.6. The summed E-state index contributed by atoms with van der Waals surface area (Å²) in [7, 11) is 1.56. The lowest BCUT2D eigenvalue weighted by Crippen LogP contribution is -2.30. The highest BCUT2D eigenvalue weighted by atomic mass is 16.6. The number of methoxy groups -OCH3 is 1. The monoisotopic (exact) mass is 368 g/mol. The first-order valence-electron chi connectivity index (χ1n) is 8.55. The Morgan fingerprint density at radius 3 is 2.67 bits per heavy atom. The van der Waals surface area contributed by atoms with Crippen LogP contribution in [0, 0.1) is 17.0 Å². The number of carbonyl (C=O) groups excluding carboxylic acids is 1. The van der Waals surface area contributed by atoms with Crippen molar-refractivity contribution in [1.29, 1.82) is 0 Å². The number of hydrogen-bond donors (Lipinski definition) is 0. The van der Waals surface area contributed by atoms with E-state index in [0.717, 1.165) is 0 Å². The molecular formula is C20H20N2O5. The average molecular weight is 368 g/mol. The number of rotatable bonds is 6. The Bertz CT molecular complexity index is 1010. The molecule has 27 heavy (non-hydrogen) atoms. The maximum atomic E-state index is 13.2. The number of hydrogen-bond acceptors (Lipinski definition) is 5. The summed E-state index contributed by atoms with van der Waals surface area (Å²) >= 11 is 0. The van der Waals surface area contributed by atoms with Crippen molar-refractivity contribution in [1.82, 2.24) is 4.90 Å². The highest BCUT2D eigenvalue weighted by Gasteiger charge is 2.25. The largest absolute Gasteiger partial charge is 0.497 e. The van der Waals surface area contributed by atoms with Crippen molar-refractivity contribution in [3.05, 3.63) is 69.5 Å². The summed E-state index contributed by atoms with van der Waals surface area (Å²) in [6.07, 6.45) is 0. The zero-order valence-corrected chi connectivity index (χ0v) is 15.4. The number of carbonyl (C=O) groups is 1. The molecule has 0 saturated carbocycles. The lowest BCUT2D eigenvalue weighted by Gasteiger charge is -2.21. The van der Waals surface area contributed by atoms with Crippen molar-refractivity contribution >= 4 is 22.6 Å². The summed E-state index contributed by atoms with van der Waals surface area (Å²) in [5, 5.41) is 11.9. The fourth-order valence-electron chi connectivity index (χ4n) is 3.11. The molecule has 140 valence electrons. The second-order valence-electron chi connectivity index (χ2n) is 6.10. The molecule has 0 aliphatic heterocycles. The van der Waals surface area contributed by atoms with Gasteiger partial charge in [0.1, 0.15) is 17.1 Å². The van der Waals surface area contributed by atoms with Gasteiger partial charge in [0, 0.05) is 23.6 Å². The predicted molar refractivity (Wildman–Crippen MR) is 101 cm³/mol. The van der Waals surface area contributed by atoms with Gasteiger partial charge in [0.15, 0.2) is 0 Å². The number of ether oxygens (including phenoxy) is 1. The number of nitrogens with zero attached hydrogens (tertiary/aromatic N) is 2. The highest BCUT2D eigenvalue weighted by Crippen LogP contribution is 2.30. The maximum absolute atomic E-state index is 13.2. The molecule has 3 aromatic rings. The van der Waals surface area contributed by atoms with Crippen LogP contribution in [0.1, 0.15) is 28.6 Å². The number of fused-ring (bicyclic) bond motifs is 1. The third kappa shape index (κ3) is 3.48. The van der Waals surface area contributed by atoms with Gasteiger partial charge in [-0.25, -0.2) is 0 Å². The molecule has 3 rings (SSSR count). The number of aryl methyl sites for hydroxylation is 1. The molecule has 7 nitrogen and oxygen atoms in total. The third-order valence-electron chi connectivity index (χ3n) is 4.50. The van der Waals surface area contributed by atoms with Crippen LogP contribution < -0.4 is 4.74 Å². The first-order valence-corrected chi connectivity index (χ1v) is 8.55. The van der Waals surface area contributed by atoms with Gasteiger partial charge in [0.25, 0.3) is 11.6 Å². The summed E-state index contributed by atoms with van der Waals surface area (Å²) < 4.78 is 11.0. The number of amides is 1. The summed E-state index contributed by atoms with van der Waals surface area (Å²) in [6.45, 7) is 4.12. The molecule has 0 atom stereocenters. The average Bonchev–Trinajstić information content (AvgIpc) is 3.00. The first-order chi connectivity index (χ1) is 13.0. The molecule has 0 bridgehead atoms. The van der Waals surface area contributed by atoms with Crippen molar-refractivity contribution in [2.24, 2.45) is 0 Å². The van der Waals surface area contributed by atoms with Gasteiger partial charge in [-0.15, -0.1) is 0 Å². The molecule has 1 aromatic heterocycles. The molecule has 0 N–H and O–H groups in total. The molecular weight excluding hydrogens is 348 g/mol. The van der Waals surface area contributed by atoms with Gasteiger partial charge in [-0.05, 0) is 32.0 Å². The number of nitro groups is 1. The van der Waals surface area contributed by atoms with Gasteiger partial charge >= 0.3 is 0 Å². The molecule has 0 radical (unpaired) electrons. The number of benzene rings is 2. The molecule has 0 fully saturated rings. The van der Waals surface area contributed by atoms with E-state index in [1.807, 2.05) is 6.92 Å². The van der Waals surface area contributed by atoms with Gasteiger partial charge < -0.3 is 14.1 Å². The lowest BCUT2D eigenvalue weighted by molar-refractivity contribution is -0.385. The maximum Gasteiger partial charge on any atom is 0.274 e. The van der Waals surface area contributed by atoms with E-state index in [0.29, 0.717) is 40.2 Å². The van der Waals surface area contributed by atoms with Crippen molar-refractivity contribution in [3.63, 3.8) is 0 Å². The molecule has 7 heteroatoms.